The number of nitrogens with one attached hydrogen (secondary N) is 2. The summed E-state index contributed by atoms with van der Waals surface area (Å²) in [6.07, 6.45) is -4.69. The zero-order valence-electron chi connectivity index (χ0n) is 14.0. The molecule has 4 N–H and O–H groups in total. The molecule has 0 spiro atoms. The first-order valence-corrected chi connectivity index (χ1v) is 8.19. The molecule has 0 aromatic heterocycles. The first-order chi connectivity index (χ1) is 12.2. The normalized spacial score (nSPS) is 15.2. The van der Waals surface area contributed by atoms with Crippen molar-refractivity contribution in [1.29, 1.82) is 0 Å². The van der Waals surface area contributed by atoms with E-state index in [1.165, 1.54) is 31.2 Å². The number of nitrogens with two attached hydrogens (primary N) is 1. The molecule has 2 rings (SSSR count). The van der Waals surface area contributed by atoms with Crippen LogP contribution in [0, 0.1) is 0 Å². The van der Waals surface area contributed by atoms with Gasteiger partial charge in [-0.15, -0.1) is 0 Å². The van der Waals surface area contributed by atoms with E-state index < -0.39 is 23.7 Å². The number of halogens is 4. The molecule has 0 aliphatic carbocycles. The van der Waals surface area contributed by atoms with Crippen molar-refractivity contribution >= 4 is 17.5 Å². The van der Waals surface area contributed by atoms with Crippen LogP contribution in [0.5, 0.6) is 0 Å². The topological polar surface area (TPSA) is 67.2 Å². The molecule has 0 aliphatic heterocycles. The van der Waals surface area contributed by atoms with Crippen molar-refractivity contribution in [3.8, 4) is 0 Å². The first-order valence-electron chi connectivity index (χ1n) is 7.81. The van der Waals surface area contributed by atoms with E-state index in [1.807, 2.05) is 5.43 Å². The van der Waals surface area contributed by atoms with Gasteiger partial charge in [0, 0.05) is 11.4 Å². The number of benzene rings is 2. The maximum atomic E-state index is 13.7. The van der Waals surface area contributed by atoms with Crippen molar-refractivity contribution in [3.63, 3.8) is 0 Å². The van der Waals surface area contributed by atoms with Gasteiger partial charge in [0.1, 0.15) is 11.6 Å². The van der Waals surface area contributed by atoms with Gasteiger partial charge in [0.05, 0.1) is 0 Å². The number of hydrazine groups is 1. The summed E-state index contributed by atoms with van der Waals surface area (Å²) in [5.74, 6) is 4.44. The van der Waals surface area contributed by atoms with Crippen LogP contribution in [0.25, 0.3) is 0 Å². The predicted octanol–water partition coefficient (Wildman–Crippen LogP) is 3.52. The van der Waals surface area contributed by atoms with Crippen LogP contribution >= 0.6 is 11.6 Å². The Morgan fingerprint density at radius 2 is 1.69 bits per heavy atom. The third kappa shape index (κ3) is 4.75. The van der Waals surface area contributed by atoms with Gasteiger partial charge >= 0.3 is 6.18 Å². The van der Waals surface area contributed by atoms with E-state index >= 15 is 0 Å². The van der Waals surface area contributed by atoms with Crippen molar-refractivity contribution in [1.82, 2.24) is 10.7 Å². The smallest absolute Gasteiger partial charge is 0.293 e. The van der Waals surface area contributed by atoms with E-state index in [9.17, 15) is 18.0 Å². The molecule has 1 amide bonds. The number of amides is 1. The van der Waals surface area contributed by atoms with Crippen LogP contribution < -0.4 is 16.6 Å². The Morgan fingerprint density at radius 1 is 1.12 bits per heavy atom. The van der Waals surface area contributed by atoms with Crippen LogP contribution in [0.2, 0.25) is 5.02 Å². The van der Waals surface area contributed by atoms with Gasteiger partial charge in [-0.3, -0.25) is 15.5 Å². The van der Waals surface area contributed by atoms with E-state index in [4.69, 9.17) is 17.4 Å². The molecule has 0 saturated heterocycles. The van der Waals surface area contributed by atoms with Crippen molar-refractivity contribution in [2.24, 2.45) is 5.84 Å². The Bertz CT molecular complexity index is 755. The van der Waals surface area contributed by atoms with Gasteiger partial charge in [-0.25, -0.2) is 5.84 Å². The van der Waals surface area contributed by atoms with E-state index in [0.717, 1.165) is 0 Å². The number of rotatable bonds is 6. The second-order valence-corrected chi connectivity index (χ2v) is 6.51. The summed E-state index contributed by atoms with van der Waals surface area (Å²) in [6.45, 7) is 1.36. The number of carbonyl (C=O) groups is 1. The Balaban J connectivity index is 2.42. The Kier molecular flexibility index (Phi) is 6.28. The minimum atomic E-state index is -4.61. The van der Waals surface area contributed by atoms with Gasteiger partial charge in [-0.05, 0) is 24.1 Å². The summed E-state index contributed by atoms with van der Waals surface area (Å²) in [5, 5.41) is 2.79. The lowest BCUT2D eigenvalue weighted by molar-refractivity contribution is -0.164. The summed E-state index contributed by atoms with van der Waals surface area (Å²) in [4.78, 5) is 12.3. The lowest BCUT2D eigenvalue weighted by Crippen LogP contribution is -2.60. The number of hydrogen-bond acceptors (Lipinski definition) is 3. The summed E-state index contributed by atoms with van der Waals surface area (Å²) < 4.78 is 41.0. The van der Waals surface area contributed by atoms with Crippen molar-refractivity contribution in [3.05, 3.63) is 70.7 Å². The summed E-state index contributed by atoms with van der Waals surface area (Å²) in [5.41, 5.74) is 0.824. The van der Waals surface area contributed by atoms with Crippen molar-refractivity contribution < 1.29 is 18.0 Å². The highest BCUT2D eigenvalue weighted by atomic mass is 35.5. The lowest BCUT2D eigenvalue weighted by atomic mass is 9.89. The Morgan fingerprint density at radius 3 is 2.23 bits per heavy atom. The van der Waals surface area contributed by atoms with E-state index in [-0.39, 0.29) is 12.0 Å². The molecule has 2 aromatic carbocycles. The first kappa shape index (κ1) is 20.2. The Hall–Kier alpha value is -2.09. The molecule has 0 saturated carbocycles. The molecule has 2 unspecified atom stereocenters. The van der Waals surface area contributed by atoms with Crippen molar-refractivity contribution in [2.75, 3.05) is 0 Å². The van der Waals surface area contributed by atoms with E-state index in [0.29, 0.717) is 10.6 Å². The van der Waals surface area contributed by atoms with Crippen LogP contribution in [-0.4, -0.2) is 17.6 Å². The highest BCUT2D eigenvalue weighted by Crippen LogP contribution is 2.35. The number of carbonyl (C=O) groups excluding carboxylic acids is 1. The minimum absolute atomic E-state index is 0.00444. The lowest BCUT2D eigenvalue weighted by Gasteiger charge is -2.35. The molecular weight excluding hydrogens is 367 g/mol. The fraction of sp³-hybridized carbons (Fsp3) is 0.278. The molecule has 4 nitrogen and oxygen atoms in total. The fourth-order valence-electron chi connectivity index (χ4n) is 2.70. The van der Waals surface area contributed by atoms with Gasteiger partial charge in [0.15, 0.2) is 0 Å². The summed E-state index contributed by atoms with van der Waals surface area (Å²) in [6, 6.07) is 11.9. The standard InChI is InChI=1S/C18H19ClF3N3O/c1-17(16(26)25-23,11-13-9-5-6-10-14(13)19)24-15(18(20,21)22)12-7-3-2-4-8-12/h2-10,15,24H,11,23H2,1H3,(H,25,26). The van der Waals surface area contributed by atoms with Crippen LogP contribution in [-0.2, 0) is 11.2 Å². The zero-order chi connectivity index (χ0) is 19.4. The van der Waals surface area contributed by atoms with Crippen molar-refractivity contribution in [2.45, 2.75) is 31.1 Å². The summed E-state index contributed by atoms with van der Waals surface area (Å²) >= 11 is 6.11. The number of hydrogen-bond donors (Lipinski definition) is 3. The van der Waals surface area contributed by atoms with Crippen LogP contribution in [0.1, 0.15) is 24.1 Å². The average molecular weight is 386 g/mol. The van der Waals surface area contributed by atoms with E-state index in [2.05, 4.69) is 5.32 Å². The molecule has 2 atom stereocenters. The van der Waals surface area contributed by atoms with Crippen LogP contribution in [0.15, 0.2) is 54.6 Å². The van der Waals surface area contributed by atoms with Crippen LogP contribution in [0.4, 0.5) is 13.2 Å². The molecule has 8 heteroatoms. The van der Waals surface area contributed by atoms with Gasteiger partial charge < -0.3 is 0 Å². The predicted molar refractivity (Wildman–Crippen MR) is 94.3 cm³/mol. The number of alkyl halides is 3. The molecule has 26 heavy (non-hydrogen) atoms. The highest BCUT2D eigenvalue weighted by molar-refractivity contribution is 6.31. The fourth-order valence-corrected chi connectivity index (χ4v) is 2.90. The maximum absolute atomic E-state index is 13.7. The molecule has 0 radical (unpaired) electrons. The molecule has 0 aliphatic rings. The van der Waals surface area contributed by atoms with Gasteiger partial charge in [-0.2, -0.15) is 13.2 Å². The molecule has 0 fully saturated rings. The van der Waals surface area contributed by atoms with Gasteiger partial charge in [0.25, 0.3) is 5.91 Å². The minimum Gasteiger partial charge on any atom is -0.293 e. The quantitative estimate of drug-likeness (QED) is 0.405. The monoisotopic (exact) mass is 385 g/mol. The van der Waals surface area contributed by atoms with Crippen LogP contribution in [0.3, 0.4) is 0 Å². The zero-order valence-corrected chi connectivity index (χ0v) is 14.7. The second-order valence-electron chi connectivity index (χ2n) is 6.10. The molecule has 140 valence electrons. The third-order valence-electron chi connectivity index (χ3n) is 4.06. The Labute approximate surface area is 154 Å². The van der Waals surface area contributed by atoms with E-state index in [1.54, 1.807) is 30.3 Å². The SMILES string of the molecule is CC(Cc1ccccc1Cl)(NC(c1ccccc1)C(F)(F)F)C(=O)NN. The second kappa shape index (κ2) is 8.07. The molecule has 0 bridgehead atoms. The summed E-state index contributed by atoms with van der Waals surface area (Å²) in [7, 11) is 0. The largest absolute Gasteiger partial charge is 0.407 e. The van der Waals surface area contributed by atoms with Gasteiger partial charge in [-0.1, -0.05) is 60.1 Å². The third-order valence-corrected chi connectivity index (χ3v) is 4.43. The maximum Gasteiger partial charge on any atom is 0.407 e. The molecule has 2 aromatic rings. The van der Waals surface area contributed by atoms with Gasteiger partial charge in [0.2, 0.25) is 0 Å². The molecule has 0 heterocycles. The highest BCUT2D eigenvalue weighted by Gasteiger charge is 2.46. The molecular formula is C18H19ClF3N3O. The average Bonchev–Trinajstić information content (AvgIpc) is 2.61.